The molecule has 0 atom stereocenters. The van der Waals surface area contributed by atoms with Crippen molar-refractivity contribution in [2.24, 2.45) is 7.05 Å². The SMILES string of the molecule is CCOc1ccc(C(=O)Cc2cnn(C)c2)cc1OCC. The van der Waals surface area contributed by atoms with E-state index in [0.717, 1.165) is 5.56 Å². The zero-order valence-corrected chi connectivity index (χ0v) is 12.6. The van der Waals surface area contributed by atoms with E-state index >= 15 is 0 Å². The number of ether oxygens (including phenoxy) is 2. The lowest BCUT2D eigenvalue weighted by Gasteiger charge is -2.11. The molecule has 0 saturated carbocycles. The molecule has 0 aliphatic heterocycles. The summed E-state index contributed by atoms with van der Waals surface area (Å²) in [6.07, 6.45) is 3.87. The normalized spacial score (nSPS) is 10.4. The maximum atomic E-state index is 12.3. The van der Waals surface area contributed by atoms with Crippen LogP contribution in [0.2, 0.25) is 0 Å². The monoisotopic (exact) mass is 288 g/mol. The van der Waals surface area contributed by atoms with Gasteiger partial charge in [0.05, 0.1) is 19.4 Å². The second-order valence-corrected chi connectivity index (χ2v) is 4.65. The van der Waals surface area contributed by atoms with E-state index in [1.54, 1.807) is 29.1 Å². The Labute approximate surface area is 124 Å². The molecule has 0 N–H and O–H groups in total. The number of ketones is 1. The summed E-state index contributed by atoms with van der Waals surface area (Å²) in [7, 11) is 1.83. The lowest BCUT2D eigenvalue weighted by atomic mass is 10.0. The number of rotatable bonds is 7. The van der Waals surface area contributed by atoms with Crippen LogP contribution in [0, 0.1) is 0 Å². The van der Waals surface area contributed by atoms with E-state index in [2.05, 4.69) is 5.10 Å². The number of hydrogen-bond acceptors (Lipinski definition) is 4. The van der Waals surface area contributed by atoms with Crippen LogP contribution in [0.3, 0.4) is 0 Å². The quantitative estimate of drug-likeness (QED) is 0.735. The van der Waals surface area contributed by atoms with Crippen LogP contribution in [-0.4, -0.2) is 28.8 Å². The second-order valence-electron chi connectivity index (χ2n) is 4.65. The van der Waals surface area contributed by atoms with Crippen LogP contribution >= 0.6 is 0 Å². The van der Waals surface area contributed by atoms with Crippen molar-refractivity contribution in [3.63, 3.8) is 0 Å². The number of Topliss-reactive ketones (excluding diaryl/α,β-unsaturated/α-hetero) is 1. The Morgan fingerprint density at radius 3 is 2.52 bits per heavy atom. The van der Waals surface area contributed by atoms with E-state index in [-0.39, 0.29) is 5.78 Å². The third-order valence-corrected chi connectivity index (χ3v) is 2.99. The fourth-order valence-electron chi connectivity index (χ4n) is 2.08. The molecule has 0 radical (unpaired) electrons. The predicted octanol–water partition coefficient (Wildman–Crippen LogP) is 2.64. The molecule has 1 heterocycles. The summed E-state index contributed by atoms with van der Waals surface area (Å²) in [4.78, 5) is 12.3. The van der Waals surface area contributed by atoms with E-state index in [1.165, 1.54) is 0 Å². The van der Waals surface area contributed by atoms with E-state index in [0.29, 0.717) is 36.7 Å². The zero-order chi connectivity index (χ0) is 15.2. The molecule has 0 bridgehead atoms. The Morgan fingerprint density at radius 2 is 1.90 bits per heavy atom. The third kappa shape index (κ3) is 3.84. The van der Waals surface area contributed by atoms with Crippen molar-refractivity contribution in [3.8, 4) is 11.5 Å². The summed E-state index contributed by atoms with van der Waals surface area (Å²) in [6, 6.07) is 5.30. The lowest BCUT2D eigenvalue weighted by molar-refractivity contribution is 0.0992. The molecule has 0 saturated heterocycles. The van der Waals surface area contributed by atoms with Crippen molar-refractivity contribution in [1.82, 2.24) is 9.78 Å². The van der Waals surface area contributed by atoms with Gasteiger partial charge in [-0.05, 0) is 37.6 Å². The Bertz CT molecular complexity index is 620. The van der Waals surface area contributed by atoms with Crippen molar-refractivity contribution in [3.05, 3.63) is 41.7 Å². The average molecular weight is 288 g/mol. The molecule has 1 aromatic carbocycles. The van der Waals surface area contributed by atoms with Crippen LogP contribution in [0.1, 0.15) is 29.8 Å². The van der Waals surface area contributed by atoms with Gasteiger partial charge in [0.1, 0.15) is 0 Å². The molecule has 112 valence electrons. The number of carbonyl (C=O) groups excluding carboxylic acids is 1. The summed E-state index contributed by atoms with van der Waals surface area (Å²) in [5.74, 6) is 1.31. The van der Waals surface area contributed by atoms with Crippen molar-refractivity contribution in [2.45, 2.75) is 20.3 Å². The van der Waals surface area contributed by atoms with Gasteiger partial charge in [0.15, 0.2) is 17.3 Å². The summed E-state index contributed by atoms with van der Waals surface area (Å²) in [5.41, 5.74) is 1.51. The van der Waals surface area contributed by atoms with Crippen LogP contribution in [0.15, 0.2) is 30.6 Å². The van der Waals surface area contributed by atoms with Gasteiger partial charge in [-0.3, -0.25) is 9.48 Å². The number of hydrogen-bond donors (Lipinski definition) is 0. The highest BCUT2D eigenvalue weighted by Gasteiger charge is 2.12. The van der Waals surface area contributed by atoms with Gasteiger partial charge in [-0.15, -0.1) is 0 Å². The lowest BCUT2D eigenvalue weighted by Crippen LogP contribution is -2.05. The molecule has 21 heavy (non-hydrogen) atoms. The summed E-state index contributed by atoms with van der Waals surface area (Å²) >= 11 is 0. The molecule has 0 unspecified atom stereocenters. The van der Waals surface area contributed by atoms with Crippen LogP contribution in [0.5, 0.6) is 11.5 Å². The van der Waals surface area contributed by atoms with Gasteiger partial charge in [-0.2, -0.15) is 5.10 Å². The zero-order valence-electron chi connectivity index (χ0n) is 12.6. The number of aryl methyl sites for hydroxylation is 1. The van der Waals surface area contributed by atoms with Gasteiger partial charge in [-0.1, -0.05) is 0 Å². The Balaban J connectivity index is 2.18. The summed E-state index contributed by atoms with van der Waals surface area (Å²) < 4.78 is 12.7. The first-order valence-electron chi connectivity index (χ1n) is 7.04. The van der Waals surface area contributed by atoms with Crippen molar-refractivity contribution < 1.29 is 14.3 Å². The van der Waals surface area contributed by atoms with Gasteiger partial charge >= 0.3 is 0 Å². The molecular weight excluding hydrogens is 268 g/mol. The van der Waals surface area contributed by atoms with Crippen LogP contribution in [0.25, 0.3) is 0 Å². The van der Waals surface area contributed by atoms with Gasteiger partial charge in [-0.25, -0.2) is 0 Å². The average Bonchev–Trinajstić information content (AvgIpc) is 2.86. The standard InChI is InChI=1S/C16H20N2O3/c1-4-20-15-7-6-13(9-16(15)21-5-2)14(19)8-12-10-17-18(3)11-12/h6-7,9-11H,4-5,8H2,1-3H3. The number of benzene rings is 1. The molecule has 1 aromatic heterocycles. The highest BCUT2D eigenvalue weighted by Crippen LogP contribution is 2.29. The molecule has 0 aliphatic rings. The third-order valence-electron chi connectivity index (χ3n) is 2.99. The fourth-order valence-corrected chi connectivity index (χ4v) is 2.08. The van der Waals surface area contributed by atoms with Gasteiger partial charge in [0, 0.05) is 25.2 Å². The summed E-state index contributed by atoms with van der Waals surface area (Å²) in [6.45, 7) is 4.90. The first-order chi connectivity index (χ1) is 10.1. The number of nitrogens with zero attached hydrogens (tertiary/aromatic N) is 2. The molecule has 5 heteroatoms. The van der Waals surface area contributed by atoms with E-state index < -0.39 is 0 Å². The minimum Gasteiger partial charge on any atom is -0.490 e. The van der Waals surface area contributed by atoms with Gasteiger partial charge < -0.3 is 9.47 Å². The van der Waals surface area contributed by atoms with Crippen molar-refractivity contribution >= 4 is 5.78 Å². The Morgan fingerprint density at radius 1 is 1.19 bits per heavy atom. The van der Waals surface area contributed by atoms with Crippen LogP contribution in [0.4, 0.5) is 0 Å². The van der Waals surface area contributed by atoms with E-state index in [1.807, 2.05) is 27.1 Å². The summed E-state index contributed by atoms with van der Waals surface area (Å²) in [5, 5.41) is 4.07. The topological polar surface area (TPSA) is 53.3 Å². The number of aromatic nitrogens is 2. The maximum absolute atomic E-state index is 12.3. The largest absolute Gasteiger partial charge is 0.490 e. The second kappa shape index (κ2) is 6.92. The van der Waals surface area contributed by atoms with Crippen molar-refractivity contribution in [2.75, 3.05) is 13.2 Å². The minimum atomic E-state index is 0.0343. The van der Waals surface area contributed by atoms with E-state index in [9.17, 15) is 4.79 Å². The minimum absolute atomic E-state index is 0.0343. The highest BCUT2D eigenvalue weighted by atomic mass is 16.5. The Hall–Kier alpha value is -2.30. The number of carbonyl (C=O) groups is 1. The van der Waals surface area contributed by atoms with Crippen molar-refractivity contribution in [1.29, 1.82) is 0 Å². The maximum Gasteiger partial charge on any atom is 0.167 e. The van der Waals surface area contributed by atoms with Crippen LogP contribution < -0.4 is 9.47 Å². The molecule has 2 rings (SSSR count). The predicted molar refractivity (Wildman–Crippen MR) is 80.0 cm³/mol. The molecule has 2 aromatic rings. The highest BCUT2D eigenvalue weighted by molar-refractivity contribution is 5.98. The van der Waals surface area contributed by atoms with Crippen LogP contribution in [-0.2, 0) is 13.5 Å². The molecule has 0 fully saturated rings. The molecular formula is C16H20N2O3. The fraction of sp³-hybridized carbons (Fsp3) is 0.375. The van der Waals surface area contributed by atoms with Gasteiger partial charge in [0.2, 0.25) is 0 Å². The molecule has 0 amide bonds. The molecule has 0 aliphatic carbocycles. The van der Waals surface area contributed by atoms with E-state index in [4.69, 9.17) is 9.47 Å². The van der Waals surface area contributed by atoms with Gasteiger partial charge in [0.25, 0.3) is 0 Å². The first-order valence-corrected chi connectivity index (χ1v) is 7.04. The molecule has 5 nitrogen and oxygen atoms in total. The molecule has 0 spiro atoms. The Kier molecular flexibility index (Phi) is 4.98. The smallest absolute Gasteiger partial charge is 0.167 e. The first kappa shape index (κ1) is 15.1.